The van der Waals surface area contributed by atoms with Crippen molar-refractivity contribution in [2.75, 3.05) is 0 Å². The largest absolute Gasteiger partial charge is 0.481 e. The molecule has 5 N–H and O–H groups in total. The Morgan fingerprint density at radius 3 is 0.550 bits per heavy atom. The van der Waals surface area contributed by atoms with Crippen LogP contribution in [-0.2, 0) is 24.0 Å². The quantitative estimate of drug-likeness (QED) is 0.389. The van der Waals surface area contributed by atoms with E-state index < -0.39 is 59.4 Å². The van der Waals surface area contributed by atoms with Crippen LogP contribution in [0.3, 0.4) is 0 Å². The van der Waals surface area contributed by atoms with Crippen molar-refractivity contribution in [1.29, 1.82) is 0 Å². The van der Waals surface area contributed by atoms with Crippen LogP contribution in [0.2, 0.25) is 0 Å². The monoisotopic (exact) mass is 285 g/mol. The van der Waals surface area contributed by atoms with Crippen LogP contribution in [0, 0.1) is 29.6 Å². The van der Waals surface area contributed by atoms with Gasteiger partial charge in [0.1, 0.15) is 29.6 Å². The van der Waals surface area contributed by atoms with Gasteiger partial charge < -0.3 is 25.5 Å². The van der Waals surface area contributed by atoms with E-state index in [4.69, 9.17) is 25.5 Å². The van der Waals surface area contributed by atoms with E-state index in [2.05, 4.69) is 0 Å². The molecule has 0 bridgehead atoms. The third-order valence-corrected chi connectivity index (χ3v) is 2.32. The Morgan fingerprint density at radius 1 is 0.400 bits per heavy atom. The number of carboxylic acid groups (broad SMARTS) is 5. The first-order valence-electron chi connectivity index (χ1n) is 4.64. The minimum Gasteiger partial charge on any atom is -0.481 e. The van der Waals surface area contributed by atoms with Crippen molar-refractivity contribution in [3.63, 3.8) is 0 Å². The number of hydrogen-bond acceptors (Lipinski definition) is 5. The summed E-state index contributed by atoms with van der Waals surface area (Å²) in [4.78, 5) is 54.7. The summed E-state index contributed by atoms with van der Waals surface area (Å²) in [6, 6.07) is 0. The molecule has 0 aliphatic heterocycles. The van der Waals surface area contributed by atoms with Gasteiger partial charge in [-0.2, -0.15) is 0 Å². The van der Waals surface area contributed by atoms with Crippen molar-refractivity contribution in [2.45, 2.75) is 0 Å². The molecule has 5 radical (unpaired) electrons. The molecule has 1 saturated carbocycles. The predicted octanol–water partition coefficient (Wildman–Crippen LogP) is -1.70. The zero-order chi connectivity index (χ0) is 15.8. The van der Waals surface area contributed by atoms with Crippen LogP contribution < -0.4 is 0 Å². The Morgan fingerprint density at radius 2 is 0.500 bits per heavy atom. The lowest BCUT2D eigenvalue weighted by molar-refractivity contribution is -0.142. The Kier molecular flexibility index (Phi) is 3.97. The molecule has 105 valence electrons. The molecule has 20 heavy (non-hydrogen) atoms. The molecule has 0 amide bonds. The molecule has 0 atom stereocenters. The van der Waals surface area contributed by atoms with E-state index >= 15 is 0 Å². The van der Waals surface area contributed by atoms with Crippen LogP contribution in [0.4, 0.5) is 0 Å². The first-order valence-corrected chi connectivity index (χ1v) is 4.64. The van der Waals surface area contributed by atoms with Gasteiger partial charge in [-0.25, -0.2) is 0 Å². The predicted molar refractivity (Wildman–Crippen MR) is 54.4 cm³/mol. The summed E-state index contributed by atoms with van der Waals surface area (Å²) in [7, 11) is 0. The fourth-order valence-electron chi connectivity index (χ4n) is 1.69. The Balaban J connectivity index is 3.51. The van der Waals surface area contributed by atoms with Gasteiger partial charge in [0.15, 0.2) is 0 Å². The summed E-state index contributed by atoms with van der Waals surface area (Å²) in [6.45, 7) is 0. The van der Waals surface area contributed by atoms with Crippen LogP contribution in [0.25, 0.3) is 0 Å². The minimum absolute atomic E-state index is 1.39. The molecule has 10 heteroatoms. The Hall–Kier alpha value is -2.65. The van der Waals surface area contributed by atoms with E-state index in [9.17, 15) is 24.0 Å². The fraction of sp³-hybridized carbons (Fsp3) is 0. The minimum atomic E-state index is -2.06. The summed E-state index contributed by atoms with van der Waals surface area (Å²) in [5, 5.41) is 44.2. The second kappa shape index (κ2) is 5.15. The SMILES string of the molecule is O=C(O)[C]1[C](C(=O)O)[C](C(=O)O)[C](C(=O)O)[C]1C(=O)O. The van der Waals surface area contributed by atoms with Gasteiger partial charge in [-0.15, -0.1) is 0 Å². The smallest absolute Gasteiger partial charge is 0.313 e. The lowest BCUT2D eigenvalue weighted by atomic mass is 9.87. The van der Waals surface area contributed by atoms with Crippen molar-refractivity contribution in [3.05, 3.63) is 29.6 Å². The normalized spacial score (nSPS) is 19.0. The standard InChI is InChI=1S/C10H5O10/c11-6(12)1-2(7(13)14)4(9(17)18)5(10(19)20)3(1)8(15)16/h(H,11,12)(H,13,14)(H,15,16)(H,17,18)(H,19,20). The van der Waals surface area contributed by atoms with E-state index in [-0.39, 0.29) is 0 Å². The topological polar surface area (TPSA) is 186 Å². The summed E-state index contributed by atoms with van der Waals surface area (Å²) in [5.41, 5.74) is 0. The maximum Gasteiger partial charge on any atom is 0.313 e. The molecule has 1 aliphatic carbocycles. The zero-order valence-corrected chi connectivity index (χ0v) is 9.28. The van der Waals surface area contributed by atoms with E-state index in [1.165, 1.54) is 0 Å². The number of hydrogen-bond donors (Lipinski definition) is 5. The third kappa shape index (κ3) is 2.27. The van der Waals surface area contributed by atoms with Gasteiger partial charge in [-0.1, -0.05) is 0 Å². The average molecular weight is 285 g/mol. The van der Waals surface area contributed by atoms with Crippen molar-refractivity contribution in [3.8, 4) is 0 Å². The third-order valence-electron chi connectivity index (χ3n) is 2.32. The van der Waals surface area contributed by atoms with Gasteiger partial charge in [0.05, 0.1) is 0 Å². The van der Waals surface area contributed by atoms with E-state index in [0.29, 0.717) is 0 Å². The molecule has 1 aliphatic rings. The van der Waals surface area contributed by atoms with Gasteiger partial charge in [-0.3, -0.25) is 24.0 Å². The molecule has 0 aromatic carbocycles. The van der Waals surface area contributed by atoms with Gasteiger partial charge in [0.2, 0.25) is 0 Å². The number of carboxylic acids is 5. The fourth-order valence-corrected chi connectivity index (χ4v) is 1.69. The molecule has 10 nitrogen and oxygen atoms in total. The molecular weight excluding hydrogens is 280 g/mol. The van der Waals surface area contributed by atoms with E-state index in [0.717, 1.165) is 0 Å². The second-order valence-corrected chi connectivity index (χ2v) is 3.40. The molecule has 0 spiro atoms. The number of aliphatic carboxylic acids is 5. The van der Waals surface area contributed by atoms with Crippen LogP contribution >= 0.6 is 0 Å². The lowest BCUT2D eigenvalue weighted by Crippen LogP contribution is -2.30. The summed E-state index contributed by atoms with van der Waals surface area (Å²) < 4.78 is 0. The van der Waals surface area contributed by atoms with Crippen LogP contribution in [0.5, 0.6) is 0 Å². The van der Waals surface area contributed by atoms with Gasteiger partial charge in [0.25, 0.3) is 0 Å². The number of rotatable bonds is 5. The maximum atomic E-state index is 10.9. The van der Waals surface area contributed by atoms with Gasteiger partial charge in [-0.05, 0) is 0 Å². The number of carbonyl (C=O) groups is 5. The van der Waals surface area contributed by atoms with E-state index in [1.54, 1.807) is 0 Å². The highest BCUT2D eigenvalue weighted by Gasteiger charge is 2.67. The van der Waals surface area contributed by atoms with Gasteiger partial charge in [0, 0.05) is 0 Å². The molecule has 1 rings (SSSR count). The second-order valence-electron chi connectivity index (χ2n) is 3.40. The summed E-state index contributed by atoms with van der Waals surface area (Å²) in [5.74, 6) is -17.2. The Bertz CT molecular complexity index is 380. The highest BCUT2D eigenvalue weighted by molar-refractivity contribution is 6.27. The summed E-state index contributed by atoms with van der Waals surface area (Å²) >= 11 is 0. The first-order chi connectivity index (χ1) is 9.11. The zero-order valence-electron chi connectivity index (χ0n) is 9.28. The molecule has 0 heterocycles. The molecule has 0 saturated heterocycles. The molecule has 0 aromatic heterocycles. The van der Waals surface area contributed by atoms with Gasteiger partial charge >= 0.3 is 29.8 Å². The van der Waals surface area contributed by atoms with Crippen LogP contribution in [-0.4, -0.2) is 55.4 Å². The lowest BCUT2D eigenvalue weighted by Gasteiger charge is -2.13. The first kappa shape index (κ1) is 15.4. The van der Waals surface area contributed by atoms with Crippen LogP contribution in [0.1, 0.15) is 0 Å². The van der Waals surface area contributed by atoms with Crippen molar-refractivity contribution in [2.24, 2.45) is 0 Å². The van der Waals surface area contributed by atoms with Crippen LogP contribution in [0.15, 0.2) is 0 Å². The average Bonchev–Trinajstić information content (AvgIpc) is 2.64. The molecular formula is C10H5O10. The summed E-state index contributed by atoms with van der Waals surface area (Å²) in [6.07, 6.45) is 0. The molecule has 0 aromatic rings. The van der Waals surface area contributed by atoms with Crippen molar-refractivity contribution >= 4 is 29.8 Å². The van der Waals surface area contributed by atoms with Crippen molar-refractivity contribution in [1.82, 2.24) is 0 Å². The molecule has 0 unspecified atom stereocenters. The van der Waals surface area contributed by atoms with Crippen molar-refractivity contribution < 1.29 is 49.5 Å². The molecule has 1 fully saturated rings. The highest BCUT2D eigenvalue weighted by atomic mass is 16.4. The van der Waals surface area contributed by atoms with E-state index in [1.807, 2.05) is 0 Å². The maximum absolute atomic E-state index is 10.9. The Labute approximate surface area is 110 Å². The highest BCUT2D eigenvalue weighted by Crippen LogP contribution is 2.53.